The van der Waals surface area contributed by atoms with Crippen LogP contribution >= 0.6 is 0 Å². The van der Waals surface area contributed by atoms with E-state index in [1.165, 1.54) is 7.11 Å². The first kappa shape index (κ1) is 19.8. The van der Waals surface area contributed by atoms with Gasteiger partial charge >= 0.3 is 5.97 Å². The van der Waals surface area contributed by atoms with Crippen LogP contribution in [0.4, 0.5) is 5.69 Å². The summed E-state index contributed by atoms with van der Waals surface area (Å²) in [5, 5.41) is 10.7. The van der Waals surface area contributed by atoms with Gasteiger partial charge in [-0.05, 0) is 29.8 Å². The maximum Gasteiger partial charge on any atom is 0.306 e. The molecule has 1 saturated heterocycles. The van der Waals surface area contributed by atoms with E-state index in [1.807, 2.05) is 0 Å². The first-order chi connectivity index (χ1) is 13.3. The van der Waals surface area contributed by atoms with Crippen molar-refractivity contribution in [2.45, 2.75) is 23.3 Å². The third-order valence-electron chi connectivity index (χ3n) is 4.56. The molecule has 1 N–H and O–H groups in total. The predicted molar refractivity (Wildman–Crippen MR) is 98.3 cm³/mol. The summed E-state index contributed by atoms with van der Waals surface area (Å²) in [6, 6.07) is 11.4. The largest absolute Gasteiger partial charge is 0.497 e. The molecule has 2 aromatic rings. The van der Waals surface area contributed by atoms with Crippen molar-refractivity contribution in [3.63, 3.8) is 0 Å². The van der Waals surface area contributed by atoms with Gasteiger partial charge in [-0.1, -0.05) is 12.1 Å². The molecule has 1 fully saturated rings. The Morgan fingerprint density at radius 2 is 1.82 bits per heavy atom. The first-order valence-electron chi connectivity index (χ1n) is 8.36. The Hall–Kier alpha value is -2.98. The zero-order chi connectivity index (χ0) is 20.4. The third-order valence-corrected chi connectivity index (χ3v) is 5.98. The highest BCUT2D eigenvalue weighted by Crippen LogP contribution is 2.37. The molecule has 1 aliphatic heterocycles. The van der Waals surface area contributed by atoms with Crippen LogP contribution in [0.1, 0.15) is 18.4 Å². The number of carbonyl (C=O) groups excluding carboxylic acids is 1. The molecule has 1 unspecified atom stereocenters. The van der Waals surface area contributed by atoms with Gasteiger partial charge in [0.15, 0.2) is 5.60 Å². The van der Waals surface area contributed by atoms with Crippen molar-refractivity contribution < 1.29 is 27.6 Å². The van der Waals surface area contributed by atoms with Crippen LogP contribution in [0.5, 0.6) is 5.75 Å². The summed E-state index contributed by atoms with van der Waals surface area (Å²) in [6.07, 6.45) is 0.492. The third kappa shape index (κ3) is 3.97. The highest BCUT2D eigenvalue weighted by molar-refractivity contribution is 7.89. The van der Waals surface area contributed by atoms with E-state index in [9.17, 15) is 23.3 Å². The number of nitro benzene ring substituents is 1. The van der Waals surface area contributed by atoms with Gasteiger partial charge in [0.1, 0.15) is 5.75 Å². The molecular formula is C18H18N2O7S. The smallest absolute Gasteiger partial charge is 0.306 e. The molecule has 0 radical (unpaired) electrons. The first-order valence-corrected chi connectivity index (χ1v) is 9.85. The summed E-state index contributed by atoms with van der Waals surface area (Å²) in [5.74, 6) is 0.208. The zero-order valence-corrected chi connectivity index (χ0v) is 15.8. The quantitative estimate of drug-likeness (QED) is 0.424. The van der Waals surface area contributed by atoms with Gasteiger partial charge in [-0.15, -0.1) is 0 Å². The topological polar surface area (TPSA) is 125 Å². The molecule has 2 aromatic carbocycles. The summed E-state index contributed by atoms with van der Waals surface area (Å²) in [6.45, 7) is -0.162. The minimum atomic E-state index is -3.96. The molecule has 0 bridgehead atoms. The highest BCUT2D eigenvalue weighted by atomic mass is 32.2. The number of nitrogens with zero attached hydrogens (tertiary/aromatic N) is 1. The molecule has 0 aliphatic carbocycles. The van der Waals surface area contributed by atoms with Crippen molar-refractivity contribution in [1.82, 2.24) is 4.72 Å². The number of non-ortho nitro benzene ring substituents is 1. The van der Waals surface area contributed by atoms with Crippen LogP contribution in [-0.2, 0) is 25.2 Å². The molecule has 148 valence electrons. The lowest BCUT2D eigenvalue weighted by atomic mass is 9.91. The number of sulfonamides is 1. The van der Waals surface area contributed by atoms with Crippen LogP contribution in [0.3, 0.4) is 0 Å². The molecule has 1 atom stereocenters. The summed E-state index contributed by atoms with van der Waals surface area (Å²) < 4.78 is 38.2. The molecule has 28 heavy (non-hydrogen) atoms. The van der Waals surface area contributed by atoms with Gasteiger partial charge in [0, 0.05) is 25.0 Å². The summed E-state index contributed by atoms with van der Waals surface area (Å²) >= 11 is 0. The Labute approximate surface area is 161 Å². The second kappa shape index (κ2) is 7.56. The second-order valence-corrected chi connectivity index (χ2v) is 8.04. The minimum Gasteiger partial charge on any atom is -0.497 e. The molecule has 3 rings (SSSR count). The lowest BCUT2D eigenvalue weighted by molar-refractivity contribution is -0.384. The number of nitrogens with one attached hydrogen (secondary N) is 1. The normalized spacial score (nSPS) is 19.2. The van der Waals surface area contributed by atoms with E-state index in [4.69, 9.17) is 9.47 Å². The van der Waals surface area contributed by atoms with Crippen molar-refractivity contribution in [1.29, 1.82) is 0 Å². The summed E-state index contributed by atoms with van der Waals surface area (Å²) in [5.41, 5.74) is -0.694. The van der Waals surface area contributed by atoms with Gasteiger partial charge in [0.25, 0.3) is 5.69 Å². The number of benzene rings is 2. The molecule has 1 aliphatic rings. The van der Waals surface area contributed by atoms with Gasteiger partial charge < -0.3 is 9.47 Å². The van der Waals surface area contributed by atoms with Gasteiger partial charge in [-0.3, -0.25) is 14.9 Å². The summed E-state index contributed by atoms with van der Waals surface area (Å²) in [4.78, 5) is 21.8. The number of hydrogen-bond donors (Lipinski definition) is 1. The minimum absolute atomic E-state index is 0.118. The fourth-order valence-electron chi connectivity index (χ4n) is 2.99. The average molecular weight is 406 g/mol. The fourth-order valence-corrected chi connectivity index (χ4v) is 4.07. The highest BCUT2D eigenvalue weighted by Gasteiger charge is 2.43. The Balaban J connectivity index is 1.83. The number of hydrogen-bond acceptors (Lipinski definition) is 7. The Bertz CT molecular complexity index is 988. The van der Waals surface area contributed by atoms with E-state index in [0.29, 0.717) is 17.7 Å². The van der Waals surface area contributed by atoms with Crippen LogP contribution in [0.25, 0.3) is 0 Å². The molecule has 0 amide bonds. The number of ether oxygens (including phenoxy) is 2. The second-order valence-electron chi connectivity index (χ2n) is 6.27. The van der Waals surface area contributed by atoms with Crippen LogP contribution < -0.4 is 9.46 Å². The number of rotatable bonds is 7. The van der Waals surface area contributed by atoms with Crippen molar-refractivity contribution in [2.24, 2.45) is 0 Å². The molecule has 9 nitrogen and oxygen atoms in total. The van der Waals surface area contributed by atoms with Crippen molar-refractivity contribution in [3.05, 3.63) is 64.2 Å². The number of methoxy groups -OCH3 is 1. The van der Waals surface area contributed by atoms with Crippen LogP contribution in [0.15, 0.2) is 53.4 Å². The maximum absolute atomic E-state index is 12.6. The lowest BCUT2D eigenvalue weighted by Crippen LogP contribution is -2.40. The Kier molecular flexibility index (Phi) is 5.34. The van der Waals surface area contributed by atoms with Gasteiger partial charge in [-0.25, -0.2) is 13.1 Å². The van der Waals surface area contributed by atoms with E-state index >= 15 is 0 Å². The van der Waals surface area contributed by atoms with Crippen LogP contribution in [0, 0.1) is 10.1 Å². The molecular weight excluding hydrogens is 388 g/mol. The van der Waals surface area contributed by atoms with Gasteiger partial charge in [-0.2, -0.15) is 0 Å². The van der Waals surface area contributed by atoms with E-state index in [2.05, 4.69) is 4.72 Å². The van der Waals surface area contributed by atoms with Crippen LogP contribution in [0.2, 0.25) is 0 Å². The number of cyclic esters (lactones) is 1. The summed E-state index contributed by atoms with van der Waals surface area (Å²) in [7, 11) is -2.43. The van der Waals surface area contributed by atoms with Crippen molar-refractivity contribution in [2.75, 3.05) is 13.7 Å². The number of nitro groups is 1. The SMILES string of the molecule is COc1ccc(C2(CNS(=O)(=O)c3ccc([N+](=O)[O-])cc3)CCC(=O)O2)cc1. The average Bonchev–Trinajstić information content (AvgIpc) is 3.09. The van der Waals surface area contributed by atoms with Gasteiger partial charge in [0.05, 0.1) is 23.5 Å². The Morgan fingerprint density at radius 3 is 2.32 bits per heavy atom. The van der Waals surface area contributed by atoms with Crippen molar-refractivity contribution >= 4 is 21.7 Å². The van der Waals surface area contributed by atoms with Crippen molar-refractivity contribution in [3.8, 4) is 5.75 Å². The molecule has 0 aromatic heterocycles. The van der Waals surface area contributed by atoms with Crippen LogP contribution in [-0.4, -0.2) is 33.0 Å². The lowest BCUT2D eigenvalue weighted by Gasteiger charge is -2.28. The molecule has 10 heteroatoms. The molecule has 0 saturated carbocycles. The molecule has 0 spiro atoms. The van der Waals surface area contributed by atoms with E-state index in [-0.39, 0.29) is 23.5 Å². The zero-order valence-electron chi connectivity index (χ0n) is 15.0. The van der Waals surface area contributed by atoms with E-state index in [0.717, 1.165) is 24.3 Å². The van der Waals surface area contributed by atoms with E-state index < -0.39 is 26.5 Å². The fraction of sp³-hybridized carbons (Fsp3) is 0.278. The monoisotopic (exact) mass is 406 g/mol. The number of esters is 1. The number of carbonyl (C=O) groups is 1. The van der Waals surface area contributed by atoms with Gasteiger partial charge in [0.2, 0.25) is 10.0 Å². The molecule has 1 heterocycles. The Morgan fingerprint density at radius 1 is 1.18 bits per heavy atom. The van der Waals surface area contributed by atoms with E-state index in [1.54, 1.807) is 24.3 Å². The maximum atomic E-state index is 12.6. The predicted octanol–water partition coefficient (Wildman–Crippen LogP) is 2.11. The standard InChI is InChI=1S/C18H18N2O7S/c1-26-15-6-2-13(3-7-15)18(11-10-17(21)27-18)12-19-28(24,25)16-8-4-14(5-9-16)20(22)23/h2-9,19H,10-12H2,1H3.